The molecule has 0 radical (unpaired) electrons. The van der Waals surface area contributed by atoms with Crippen LogP contribution in [-0.2, 0) is 9.59 Å². The van der Waals surface area contributed by atoms with E-state index in [2.05, 4.69) is 5.32 Å². The fourth-order valence-corrected chi connectivity index (χ4v) is 2.75. The highest BCUT2D eigenvalue weighted by molar-refractivity contribution is 7.12. The highest BCUT2D eigenvalue weighted by Crippen LogP contribution is 2.27. The van der Waals surface area contributed by atoms with Gasteiger partial charge in [0.2, 0.25) is 5.91 Å². The Morgan fingerprint density at radius 3 is 2.62 bits per heavy atom. The second-order valence-corrected chi connectivity index (χ2v) is 5.47. The van der Waals surface area contributed by atoms with Gasteiger partial charge in [0, 0.05) is 7.05 Å². The second kappa shape index (κ2) is 5.52. The summed E-state index contributed by atoms with van der Waals surface area (Å²) in [6.07, 6.45) is 0. The summed E-state index contributed by atoms with van der Waals surface area (Å²) in [7, 11) is 1.46. The number of carboxylic acid groups (broad SMARTS) is 1. The van der Waals surface area contributed by atoms with E-state index in [1.807, 2.05) is 0 Å². The molecule has 8 nitrogen and oxygen atoms in total. The third-order valence-corrected chi connectivity index (χ3v) is 4.05. The summed E-state index contributed by atoms with van der Waals surface area (Å²) in [5.74, 6) is -2.22. The molecule has 1 aliphatic rings. The number of aromatic carboxylic acids is 1. The summed E-state index contributed by atoms with van der Waals surface area (Å²) >= 11 is 1.00. The van der Waals surface area contributed by atoms with Crippen LogP contribution in [0.1, 0.15) is 15.2 Å². The lowest BCUT2D eigenvalue weighted by Gasteiger charge is -2.14. The fraction of sp³-hybridized carbons (Fsp3) is 0.333. The number of carboxylic acids is 1. The van der Waals surface area contributed by atoms with Crippen molar-refractivity contribution in [1.29, 1.82) is 0 Å². The van der Waals surface area contributed by atoms with Crippen molar-refractivity contribution in [2.45, 2.75) is 6.92 Å². The van der Waals surface area contributed by atoms with Crippen molar-refractivity contribution in [2.24, 2.45) is 0 Å². The van der Waals surface area contributed by atoms with Crippen molar-refractivity contribution in [3.8, 4) is 0 Å². The molecule has 1 fully saturated rings. The number of likely N-dealkylation sites (N-methyl/N-ethyl adjacent to an activating group) is 1. The summed E-state index contributed by atoms with van der Waals surface area (Å²) in [6, 6.07) is -0.546. The lowest BCUT2D eigenvalue weighted by atomic mass is 10.2. The van der Waals surface area contributed by atoms with Crippen molar-refractivity contribution < 1.29 is 24.3 Å². The van der Waals surface area contributed by atoms with Crippen LogP contribution in [-0.4, -0.2) is 58.9 Å². The van der Waals surface area contributed by atoms with E-state index in [0.717, 1.165) is 16.2 Å². The zero-order valence-corrected chi connectivity index (χ0v) is 12.2. The lowest BCUT2D eigenvalue weighted by Crippen LogP contribution is -2.38. The summed E-state index contributed by atoms with van der Waals surface area (Å²) in [4.78, 5) is 48.2. The Morgan fingerprint density at radius 2 is 2.10 bits per heavy atom. The molecule has 1 aromatic heterocycles. The van der Waals surface area contributed by atoms with Crippen molar-refractivity contribution in [3.05, 3.63) is 15.8 Å². The number of carbonyl (C=O) groups excluding carboxylic acids is 3. The Hall–Kier alpha value is -2.42. The van der Waals surface area contributed by atoms with E-state index in [0.29, 0.717) is 5.56 Å². The second-order valence-electron chi connectivity index (χ2n) is 4.59. The average Bonchev–Trinajstić information content (AvgIpc) is 2.86. The van der Waals surface area contributed by atoms with E-state index in [1.54, 1.807) is 12.3 Å². The van der Waals surface area contributed by atoms with Crippen molar-refractivity contribution in [1.82, 2.24) is 9.80 Å². The number of amides is 4. The van der Waals surface area contributed by atoms with E-state index < -0.39 is 30.4 Å². The van der Waals surface area contributed by atoms with Crippen LogP contribution in [0.2, 0.25) is 0 Å². The van der Waals surface area contributed by atoms with E-state index >= 15 is 0 Å². The van der Waals surface area contributed by atoms with Gasteiger partial charge in [-0.3, -0.25) is 14.5 Å². The zero-order valence-electron chi connectivity index (χ0n) is 11.4. The molecule has 2 heterocycles. The molecule has 2 rings (SSSR count). The first-order valence-corrected chi connectivity index (χ1v) is 6.86. The molecule has 0 unspecified atom stereocenters. The largest absolute Gasteiger partial charge is 0.477 e. The number of rotatable bonds is 4. The van der Waals surface area contributed by atoms with Crippen LogP contribution < -0.4 is 5.32 Å². The Morgan fingerprint density at radius 1 is 1.43 bits per heavy atom. The standard InChI is InChI=1S/C12H13N3O5S/c1-6-5-21-10(11(18)19)9(6)13-7(16)3-15-8(17)4-14(2)12(15)20/h5H,3-4H2,1-2H3,(H,13,16)(H,18,19). The van der Waals surface area contributed by atoms with E-state index in [-0.39, 0.29) is 17.1 Å². The van der Waals surface area contributed by atoms with Crippen LogP contribution in [0.4, 0.5) is 10.5 Å². The SMILES string of the molecule is Cc1csc(C(=O)O)c1NC(=O)CN1C(=O)CN(C)C1=O. The average molecular weight is 311 g/mol. The van der Waals surface area contributed by atoms with Gasteiger partial charge in [0.15, 0.2) is 0 Å². The number of urea groups is 1. The van der Waals surface area contributed by atoms with Crippen LogP contribution in [0.3, 0.4) is 0 Å². The maximum Gasteiger partial charge on any atom is 0.348 e. The number of carbonyl (C=O) groups is 4. The highest BCUT2D eigenvalue weighted by atomic mass is 32.1. The molecule has 4 amide bonds. The zero-order chi connectivity index (χ0) is 15.7. The minimum atomic E-state index is -1.14. The van der Waals surface area contributed by atoms with Gasteiger partial charge in [0.1, 0.15) is 18.0 Å². The monoisotopic (exact) mass is 311 g/mol. The Labute approximate surface area is 123 Å². The molecule has 112 valence electrons. The fourth-order valence-electron chi connectivity index (χ4n) is 1.90. The number of aryl methyl sites for hydroxylation is 1. The number of nitrogens with zero attached hydrogens (tertiary/aromatic N) is 2. The molecule has 21 heavy (non-hydrogen) atoms. The van der Waals surface area contributed by atoms with E-state index in [9.17, 15) is 19.2 Å². The van der Waals surface area contributed by atoms with Crippen LogP contribution in [0.25, 0.3) is 0 Å². The van der Waals surface area contributed by atoms with Gasteiger partial charge < -0.3 is 15.3 Å². The van der Waals surface area contributed by atoms with Gasteiger partial charge in [-0.15, -0.1) is 11.3 Å². The van der Waals surface area contributed by atoms with E-state index in [1.165, 1.54) is 11.9 Å². The van der Waals surface area contributed by atoms with Gasteiger partial charge in [0.25, 0.3) is 5.91 Å². The van der Waals surface area contributed by atoms with Gasteiger partial charge >= 0.3 is 12.0 Å². The molecule has 1 aliphatic heterocycles. The van der Waals surface area contributed by atoms with Crippen LogP contribution in [0.15, 0.2) is 5.38 Å². The predicted octanol–water partition coefficient (Wildman–Crippen LogP) is 0.587. The Balaban J connectivity index is 2.09. The molecule has 0 aliphatic carbocycles. The molecule has 1 aromatic rings. The van der Waals surface area contributed by atoms with Crippen molar-refractivity contribution in [3.63, 3.8) is 0 Å². The number of hydrogen-bond acceptors (Lipinski definition) is 5. The third kappa shape index (κ3) is 2.87. The van der Waals surface area contributed by atoms with Gasteiger partial charge in [-0.25, -0.2) is 9.59 Å². The molecule has 0 atom stereocenters. The molecule has 0 saturated carbocycles. The third-order valence-electron chi connectivity index (χ3n) is 2.97. The van der Waals surface area contributed by atoms with E-state index in [4.69, 9.17) is 5.11 Å². The quantitative estimate of drug-likeness (QED) is 0.791. The number of anilines is 1. The molecule has 1 saturated heterocycles. The molecule has 2 N–H and O–H groups in total. The molecule has 0 aromatic carbocycles. The maximum absolute atomic E-state index is 11.9. The minimum Gasteiger partial charge on any atom is -0.477 e. The lowest BCUT2D eigenvalue weighted by molar-refractivity contribution is -0.129. The van der Waals surface area contributed by atoms with Crippen molar-refractivity contribution >= 4 is 40.8 Å². The van der Waals surface area contributed by atoms with Crippen molar-refractivity contribution in [2.75, 3.05) is 25.5 Å². The first-order chi connectivity index (χ1) is 9.81. The predicted molar refractivity (Wildman–Crippen MR) is 74.4 cm³/mol. The number of imide groups is 1. The summed E-state index contributed by atoms with van der Waals surface area (Å²) in [5, 5.41) is 13.1. The first-order valence-electron chi connectivity index (χ1n) is 5.98. The summed E-state index contributed by atoms with van der Waals surface area (Å²) in [6.45, 7) is 1.17. The van der Waals surface area contributed by atoms with Crippen LogP contribution in [0.5, 0.6) is 0 Å². The molecule has 9 heteroatoms. The van der Waals surface area contributed by atoms with Gasteiger partial charge in [-0.05, 0) is 17.9 Å². The normalized spacial score (nSPS) is 14.8. The maximum atomic E-state index is 11.9. The van der Waals surface area contributed by atoms with Crippen LogP contribution >= 0.6 is 11.3 Å². The number of nitrogens with one attached hydrogen (secondary N) is 1. The van der Waals surface area contributed by atoms with Crippen LogP contribution in [0, 0.1) is 6.92 Å². The summed E-state index contributed by atoms with van der Waals surface area (Å²) < 4.78 is 0. The minimum absolute atomic E-state index is 0.0112. The highest BCUT2D eigenvalue weighted by Gasteiger charge is 2.35. The topological polar surface area (TPSA) is 107 Å². The molecule has 0 spiro atoms. The summed E-state index contributed by atoms with van der Waals surface area (Å²) in [5.41, 5.74) is 0.812. The molecular weight excluding hydrogens is 298 g/mol. The number of hydrogen-bond donors (Lipinski definition) is 2. The first kappa shape index (κ1) is 15.0. The molecular formula is C12H13N3O5S. The molecule has 0 bridgehead atoms. The van der Waals surface area contributed by atoms with Gasteiger partial charge in [-0.2, -0.15) is 0 Å². The van der Waals surface area contributed by atoms with Gasteiger partial charge in [-0.1, -0.05) is 0 Å². The van der Waals surface area contributed by atoms with Gasteiger partial charge in [0.05, 0.1) is 5.69 Å². The number of thiophene rings is 1. The Bertz CT molecular complexity index is 639. The Kier molecular flexibility index (Phi) is 3.94. The smallest absolute Gasteiger partial charge is 0.348 e.